The van der Waals surface area contributed by atoms with Gasteiger partial charge in [0.1, 0.15) is 0 Å². The maximum Gasteiger partial charge on any atom is 0.224 e. The first kappa shape index (κ1) is 17.6. The van der Waals surface area contributed by atoms with Crippen molar-refractivity contribution in [1.82, 2.24) is 4.57 Å². The molecule has 1 heterocycles. The fraction of sp³-hybridized carbons (Fsp3) is 0.174. The Labute approximate surface area is 163 Å². The van der Waals surface area contributed by atoms with E-state index in [-0.39, 0.29) is 5.91 Å². The summed E-state index contributed by atoms with van der Waals surface area (Å²) in [4.78, 5) is 12.4. The number of carbonyl (C=O) groups is 1. The third kappa shape index (κ3) is 3.56. The highest BCUT2D eigenvalue weighted by Gasteiger charge is 2.11. The van der Waals surface area contributed by atoms with Gasteiger partial charge in [-0.05, 0) is 55.3 Å². The van der Waals surface area contributed by atoms with Crippen LogP contribution < -0.4 is 5.32 Å². The monoisotopic (exact) mass is 376 g/mol. The number of rotatable bonds is 5. The van der Waals surface area contributed by atoms with E-state index in [9.17, 15) is 4.79 Å². The van der Waals surface area contributed by atoms with E-state index >= 15 is 0 Å². The minimum atomic E-state index is 0.0172. The van der Waals surface area contributed by atoms with Gasteiger partial charge < -0.3 is 9.88 Å². The van der Waals surface area contributed by atoms with E-state index in [1.54, 1.807) is 0 Å². The normalized spacial score (nSPS) is 11.2. The van der Waals surface area contributed by atoms with E-state index in [1.807, 2.05) is 30.3 Å². The highest BCUT2D eigenvalue weighted by atomic mass is 35.5. The summed E-state index contributed by atoms with van der Waals surface area (Å²) < 4.78 is 2.30. The number of benzene rings is 3. The van der Waals surface area contributed by atoms with Gasteiger partial charge in [0.05, 0.1) is 0 Å². The molecule has 0 fully saturated rings. The van der Waals surface area contributed by atoms with Crippen molar-refractivity contribution in [2.45, 2.75) is 26.3 Å². The van der Waals surface area contributed by atoms with Crippen molar-refractivity contribution in [2.75, 3.05) is 5.32 Å². The molecule has 0 aliphatic rings. The second kappa shape index (κ2) is 7.45. The molecule has 27 heavy (non-hydrogen) atoms. The van der Waals surface area contributed by atoms with Crippen LogP contribution in [0.5, 0.6) is 0 Å². The first-order chi connectivity index (χ1) is 13.2. The smallest absolute Gasteiger partial charge is 0.224 e. The maximum atomic E-state index is 12.4. The Morgan fingerprint density at radius 1 is 0.963 bits per heavy atom. The molecule has 136 valence electrons. The number of aromatic nitrogens is 1. The summed E-state index contributed by atoms with van der Waals surface area (Å²) in [5.41, 5.74) is 4.36. The molecule has 0 atom stereocenters. The van der Waals surface area contributed by atoms with Gasteiger partial charge in [0.25, 0.3) is 0 Å². The SMILES string of the molecule is CCn1c2ccccc2c2cc(NC(=O)CCc3ccc(Cl)cc3)ccc21. The zero-order valence-electron chi connectivity index (χ0n) is 15.2. The third-order valence-corrected chi connectivity index (χ3v) is 5.18. The number of nitrogens with one attached hydrogen (secondary N) is 1. The molecule has 1 N–H and O–H groups in total. The van der Waals surface area contributed by atoms with Crippen LogP contribution in [-0.4, -0.2) is 10.5 Å². The second-order valence-electron chi connectivity index (χ2n) is 6.67. The van der Waals surface area contributed by atoms with E-state index in [4.69, 9.17) is 11.6 Å². The number of nitrogens with zero attached hydrogens (tertiary/aromatic N) is 1. The van der Waals surface area contributed by atoms with Crippen LogP contribution in [0.3, 0.4) is 0 Å². The van der Waals surface area contributed by atoms with Gasteiger partial charge in [-0.1, -0.05) is 41.9 Å². The molecule has 3 nitrogen and oxygen atoms in total. The highest BCUT2D eigenvalue weighted by molar-refractivity contribution is 6.30. The average Bonchev–Trinajstić information content (AvgIpc) is 3.01. The molecule has 0 saturated carbocycles. The Kier molecular flexibility index (Phi) is 4.87. The molecule has 1 amide bonds. The standard InChI is InChI=1S/C23H21ClN2O/c1-2-26-21-6-4-3-5-19(21)20-15-18(12-13-22(20)26)25-23(27)14-9-16-7-10-17(24)11-8-16/h3-8,10-13,15H,2,9,14H2,1H3,(H,25,27). The Bertz CT molecular complexity index is 1110. The van der Waals surface area contributed by atoms with E-state index in [1.165, 1.54) is 21.8 Å². The van der Waals surface area contributed by atoms with E-state index in [0.29, 0.717) is 17.9 Å². The molecular formula is C23H21ClN2O. The number of anilines is 1. The van der Waals surface area contributed by atoms with Crippen molar-refractivity contribution in [3.8, 4) is 0 Å². The molecule has 0 unspecified atom stereocenters. The van der Waals surface area contributed by atoms with Crippen molar-refractivity contribution in [2.24, 2.45) is 0 Å². The molecule has 0 radical (unpaired) electrons. The van der Waals surface area contributed by atoms with E-state index < -0.39 is 0 Å². The largest absolute Gasteiger partial charge is 0.341 e. The quantitative estimate of drug-likeness (QED) is 0.452. The predicted octanol–water partition coefficient (Wildman–Crippen LogP) is 6.04. The molecule has 0 aliphatic carbocycles. The Morgan fingerprint density at radius 2 is 1.70 bits per heavy atom. The van der Waals surface area contributed by atoms with Gasteiger partial charge >= 0.3 is 0 Å². The van der Waals surface area contributed by atoms with Crippen LogP contribution in [0.25, 0.3) is 21.8 Å². The van der Waals surface area contributed by atoms with Crippen LogP contribution in [-0.2, 0) is 17.8 Å². The van der Waals surface area contributed by atoms with Gasteiger partial charge in [0.15, 0.2) is 0 Å². The van der Waals surface area contributed by atoms with Crippen molar-refractivity contribution >= 4 is 45.0 Å². The van der Waals surface area contributed by atoms with Crippen LogP contribution >= 0.6 is 11.6 Å². The van der Waals surface area contributed by atoms with Crippen LogP contribution in [0.2, 0.25) is 5.02 Å². The molecule has 4 aromatic rings. The van der Waals surface area contributed by atoms with Crippen LogP contribution in [0.4, 0.5) is 5.69 Å². The van der Waals surface area contributed by atoms with Crippen molar-refractivity contribution in [3.63, 3.8) is 0 Å². The number of hydrogen-bond acceptors (Lipinski definition) is 1. The van der Waals surface area contributed by atoms with E-state index in [0.717, 1.165) is 17.8 Å². The van der Waals surface area contributed by atoms with Gasteiger partial charge in [-0.2, -0.15) is 0 Å². The lowest BCUT2D eigenvalue weighted by atomic mass is 10.1. The molecule has 3 aromatic carbocycles. The minimum absolute atomic E-state index is 0.0172. The summed E-state index contributed by atoms with van der Waals surface area (Å²) in [6.07, 6.45) is 1.14. The van der Waals surface area contributed by atoms with Crippen LogP contribution in [0.1, 0.15) is 18.9 Å². The van der Waals surface area contributed by atoms with Gasteiger partial charge in [-0.25, -0.2) is 0 Å². The number of carbonyl (C=O) groups excluding carboxylic acids is 1. The van der Waals surface area contributed by atoms with Crippen molar-refractivity contribution in [1.29, 1.82) is 0 Å². The number of amides is 1. The zero-order chi connectivity index (χ0) is 18.8. The Balaban J connectivity index is 1.54. The van der Waals surface area contributed by atoms with Crippen LogP contribution in [0.15, 0.2) is 66.7 Å². The third-order valence-electron chi connectivity index (χ3n) is 4.93. The lowest BCUT2D eigenvalue weighted by molar-refractivity contribution is -0.116. The summed E-state index contributed by atoms with van der Waals surface area (Å²) in [5, 5.41) is 6.13. The van der Waals surface area contributed by atoms with Gasteiger partial charge in [0.2, 0.25) is 5.91 Å². The average molecular weight is 377 g/mol. The highest BCUT2D eigenvalue weighted by Crippen LogP contribution is 2.31. The van der Waals surface area contributed by atoms with Crippen molar-refractivity contribution in [3.05, 3.63) is 77.3 Å². The maximum absolute atomic E-state index is 12.4. The first-order valence-electron chi connectivity index (χ1n) is 9.21. The summed E-state index contributed by atoms with van der Waals surface area (Å²) in [6, 6.07) is 22.2. The topological polar surface area (TPSA) is 34.0 Å². The number of halogens is 1. The first-order valence-corrected chi connectivity index (χ1v) is 9.59. The second-order valence-corrected chi connectivity index (χ2v) is 7.10. The number of aryl methyl sites for hydroxylation is 2. The van der Waals surface area contributed by atoms with Gasteiger partial charge in [0, 0.05) is 45.5 Å². The van der Waals surface area contributed by atoms with E-state index in [2.05, 4.69) is 53.2 Å². The molecule has 1 aromatic heterocycles. The number of para-hydroxylation sites is 1. The lowest BCUT2D eigenvalue weighted by Gasteiger charge is -2.07. The zero-order valence-corrected chi connectivity index (χ0v) is 16.0. The molecule has 0 bridgehead atoms. The van der Waals surface area contributed by atoms with Crippen molar-refractivity contribution < 1.29 is 4.79 Å². The number of fused-ring (bicyclic) bond motifs is 3. The van der Waals surface area contributed by atoms with Crippen LogP contribution in [0, 0.1) is 0 Å². The molecule has 4 rings (SSSR count). The molecule has 4 heteroatoms. The lowest BCUT2D eigenvalue weighted by Crippen LogP contribution is -2.12. The summed E-state index contributed by atoms with van der Waals surface area (Å²) in [7, 11) is 0. The predicted molar refractivity (Wildman–Crippen MR) is 114 cm³/mol. The molecule has 0 spiro atoms. The minimum Gasteiger partial charge on any atom is -0.341 e. The van der Waals surface area contributed by atoms with Gasteiger partial charge in [-0.3, -0.25) is 4.79 Å². The fourth-order valence-corrected chi connectivity index (χ4v) is 3.73. The summed E-state index contributed by atoms with van der Waals surface area (Å²) in [6.45, 7) is 3.06. The van der Waals surface area contributed by atoms with Gasteiger partial charge in [-0.15, -0.1) is 0 Å². The Hall–Kier alpha value is -2.78. The fourth-order valence-electron chi connectivity index (χ4n) is 3.60. The molecule has 0 saturated heterocycles. The molecular weight excluding hydrogens is 356 g/mol. The summed E-state index contributed by atoms with van der Waals surface area (Å²) in [5.74, 6) is 0.0172. The molecule has 0 aliphatic heterocycles. The number of hydrogen-bond donors (Lipinski definition) is 1. The Morgan fingerprint density at radius 3 is 2.48 bits per heavy atom. The summed E-state index contributed by atoms with van der Waals surface area (Å²) >= 11 is 5.90.